The van der Waals surface area contributed by atoms with E-state index >= 15 is 0 Å². The summed E-state index contributed by atoms with van der Waals surface area (Å²) in [4.78, 5) is 17.1. The molecule has 0 aliphatic rings. The first-order valence-corrected chi connectivity index (χ1v) is 10.2. The largest absolute Gasteiger partial charge is 0.488 e. The second kappa shape index (κ2) is 9.37. The first-order valence-electron chi connectivity index (χ1n) is 9.39. The van der Waals surface area contributed by atoms with Gasteiger partial charge in [0.2, 0.25) is 0 Å². The lowest BCUT2D eigenvalue weighted by atomic mass is 10.1. The highest BCUT2D eigenvalue weighted by atomic mass is 79.9. The predicted octanol–water partition coefficient (Wildman–Crippen LogP) is 4.54. The number of aromatic nitrogens is 3. The fourth-order valence-electron chi connectivity index (χ4n) is 2.93. The van der Waals surface area contributed by atoms with Gasteiger partial charge in [-0.2, -0.15) is 5.10 Å². The van der Waals surface area contributed by atoms with Gasteiger partial charge in [0, 0.05) is 35.2 Å². The van der Waals surface area contributed by atoms with Crippen LogP contribution >= 0.6 is 15.9 Å². The molecule has 0 fully saturated rings. The van der Waals surface area contributed by atoms with Crippen LogP contribution in [0.25, 0.3) is 5.82 Å². The number of hydrogen-bond donors (Lipinski definition) is 1. The van der Waals surface area contributed by atoms with Gasteiger partial charge in [-0.25, -0.2) is 9.67 Å². The van der Waals surface area contributed by atoms with E-state index in [0.717, 1.165) is 15.6 Å². The molecule has 0 radical (unpaired) electrons. The molecular formula is C23H19BrN4O2. The first kappa shape index (κ1) is 19.8. The normalized spacial score (nSPS) is 10.6. The Kier molecular flexibility index (Phi) is 6.20. The van der Waals surface area contributed by atoms with E-state index in [1.807, 2.05) is 60.8 Å². The molecule has 1 amide bonds. The van der Waals surface area contributed by atoms with Gasteiger partial charge in [0.05, 0.1) is 5.56 Å². The highest BCUT2D eigenvalue weighted by molar-refractivity contribution is 9.10. The number of rotatable bonds is 7. The minimum absolute atomic E-state index is 0.199. The summed E-state index contributed by atoms with van der Waals surface area (Å²) < 4.78 is 8.58. The number of ether oxygens (including phenoxy) is 1. The minimum Gasteiger partial charge on any atom is -0.488 e. The topological polar surface area (TPSA) is 69.0 Å². The maximum atomic E-state index is 12.8. The van der Waals surface area contributed by atoms with E-state index < -0.39 is 0 Å². The molecule has 0 bridgehead atoms. The molecule has 0 saturated carbocycles. The zero-order valence-corrected chi connectivity index (χ0v) is 17.6. The molecule has 7 heteroatoms. The van der Waals surface area contributed by atoms with Gasteiger partial charge in [-0.1, -0.05) is 46.3 Å². The van der Waals surface area contributed by atoms with E-state index in [4.69, 9.17) is 4.74 Å². The van der Waals surface area contributed by atoms with Gasteiger partial charge in [0.1, 0.15) is 12.4 Å². The van der Waals surface area contributed by atoms with Crippen LogP contribution in [0, 0.1) is 0 Å². The van der Waals surface area contributed by atoms with Crippen LogP contribution < -0.4 is 10.1 Å². The van der Waals surface area contributed by atoms with Crippen LogP contribution in [0.2, 0.25) is 0 Å². The minimum atomic E-state index is -0.199. The number of benzene rings is 2. The van der Waals surface area contributed by atoms with Crippen LogP contribution in [0.5, 0.6) is 5.75 Å². The summed E-state index contributed by atoms with van der Waals surface area (Å²) >= 11 is 3.52. The Morgan fingerprint density at radius 1 is 1.03 bits per heavy atom. The Labute approximate surface area is 182 Å². The lowest BCUT2D eigenvalue weighted by molar-refractivity contribution is 0.0946. The van der Waals surface area contributed by atoms with Crippen molar-refractivity contribution in [2.45, 2.75) is 13.2 Å². The molecule has 0 saturated heterocycles. The number of hydrogen-bond acceptors (Lipinski definition) is 4. The fraction of sp³-hybridized carbons (Fsp3) is 0.0870. The third kappa shape index (κ3) is 4.75. The summed E-state index contributed by atoms with van der Waals surface area (Å²) in [6.07, 6.45) is 5.22. The van der Waals surface area contributed by atoms with Crippen molar-refractivity contribution in [3.8, 4) is 11.6 Å². The predicted molar refractivity (Wildman–Crippen MR) is 117 cm³/mol. The average Bonchev–Trinajstić information content (AvgIpc) is 3.32. The average molecular weight is 463 g/mol. The van der Waals surface area contributed by atoms with Gasteiger partial charge in [0.15, 0.2) is 5.82 Å². The van der Waals surface area contributed by atoms with Crippen LogP contribution in [0.3, 0.4) is 0 Å². The molecule has 4 rings (SSSR count). The third-order valence-electron chi connectivity index (χ3n) is 4.47. The molecule has 150 valence electrons. The molecule has 0 aliphatic carbocycles. The fourth-order valence-corrected chi connectivity index (χ4v) is 3.33. The second-order valence-electron chi connectivity index (χ2n) is 6.53. The zero-order chi connectivity index (χ0) is 20.8. The van der Waals surface area contributed by atoms with Crippen LogP contribution in [0.4, 0.5) is 0 Å². The summed E-state index contributed by atoms with van der Waals surface area (Å²) in [5.74, 6) is 1.04. The first-order chi connectivity index (χ1) is 14.7. The van der Waals surface area contributed by atoms with Crippen molar-refractivity contribution in [1.29, 1.82) is 0 Å². The third-order valence-corrected chi connectivity index (χ3v) is 5.25. The summed E-state index contributed by atoms with van der Waals surface area (Å²) in [6.45, 7) is 0.734. The van der Waals surface area contributed by atoms with Crippen molar-refractivity contribution in [1.82, 2.24) is 20.1 Å². The van der Waals surface area contributed by atoms with Crippen LogP contribution in [0.1, 0.15) is 21.5 Å². The molecule has 2 aromatic carbocycles. The van der Waals surface area contributed by atoms with E-state index in [1.54, 1.807) is 29.2 Å². The van der Waals surface area contributed by atoms with Crippen molar-refractivity contribution in [3.05, 3.63) is 106 Å². The lowest BCUT2D eigenvalue weighted by Crippen LogP contribution is -2.23. The van der Waals surface area contributed by atoms with Crippen molar-refractivity contribution in [2.24, 2.45) is 0 Å². The van der Waals surface area contributed by atoms with Gasteiger partial charge in [-0.05, 0) is 42.0 Å². The van der Waals surface area contributed by atoms with Gasteiger partial charge in [-0.15, -0.1) is 0 Å². The number of para-hydroxylation sites is 1. The van der Waals surface area contributed by atoms with E-state index in [9.17, 15) is 4.79 Å². The molecule has 2 aromatic heterocycles. The number of pyridine rings is 1. The van der Waals surface area contributed by atoms with Gasteiger partial charge >= 0.3 is 0 Å². The molecule has 0 atom stereocenters. The Hall–Kier alpha value is -3.45. The van der Waals surface area contributed by atoms with E-state index in [-0.39, 0.29) is 5.91 Å². The molecule has 4 aromatic rings. The van der Waals surface area contributed by atoms with E-state index in [1.165, 1.54) is 0 Å². The summed E-state index contributed by atoms with van der Waals surface area (Å²) in [5, 5.41) is 7.13. The van der Waals surface area contributed by atoms with Crippen molar-refractivity contribution in [2.75, 3.05) is 0 Å². The SMILES string of the molecule is O=C(NCc1ccnc(-n2cccn2)c1)c1ccccc1OCc1ccccc1Br. The summed E-state index contributed by atoms with van der Waals surface area (Å²) in [7, 11) is 0. The van der Waals surface area contributed by atoms with Gasteiger partial charge in [-0.3, -0.25) is 4.79 Å². The maximum absolute atomic E-state index is 12.8. The Bertz CT molecular complexity index is 1150. The summed E-state index contributed by atoms with van der Waals surface area (Å²) in [6, 6.07) is 20.7. The van der Waals surface area contributed by atoms with Gasteiger partial charge in [0.25, 0.3) is 5.91 Å². The number of halogens is 1. The number of carbonyl (C=O) groups excluding carboxylic acids is 1. The van der Waals surface area contributed by atoms with Crippen molar-refractivity contribution < 1.29 is 9.53 Å². The molecule has 2 heterocycles. The monoisotopic (exact) mass is 462 g/mol. The van der Waals surface area contributed by atoms with Crippen LogP contribution in [-0.2, 0) is 13.2 Å². The number of nitrogens with zero attached hydrogens (tertiary/aromatic N) is 3. The highest BCUT2D eigenvalue weighted by Crippen LogP contribution is 2.22. The van der Waals surface area contributed by atoms with Gasteiger partial charge < -0.3 is 10.1 Å². The molecule has 1 N–H and O–H groups in total. The molecule has 0 unspecified atom stereocenters. The molecule has 30 heavy (non-hydrogen) atoms. The van der Waals surface area contributed by atoms with E-state index in [0.29, 0.717) is 30.3 Å². The molecule has 0 spiro atoms. The maximum Gasteiger partial charge on any atom is 0.255 e. The Morgan fingerprint density at radius 3 is 2.70 bits per heavy atom. The molecule has 6 nitrogen and oxygen atoms in total. The zero-order valence-electron chi connectivity index (χ0n) is 16.0. The van der Waals surface area contributed by atoms with E-state index in [2.05, 4.69) is 31.3 Å². The number of nitrogens with one attached hydrogen (secondary N) is 1. The number of carbonyl (C=O) groups is 1. The Balaban J connectivity index is 1.43. The second-order valence-corrected chi connectivity index (χ2v) is 7.39. The standard InChI is InChI=1S/C23H19BrN4O2/c24-20-8-3-1-6-18(20)16-30-21-9-4-2-7-19(21)23(29)26-15-17-10-12-25-22(14-17)28-13-5-11-27-28/h1-14H,15-16H2,(H,26,29). The molecular weight excluding hydrogens is 444 g/mol. The smallest absolute Gasteiger partial charge is 0.255 e. The summed E-state index contributed by atoms with van der Waals surface area (Å²) in [5.41, 5.74) is 2.43. The molecule has 0 aliphatic heterocycles. The quantitative estimate of drug-likeness (QED) is 0.437. The highest BCUT2D eigenvalue weighted by Gasteiger charge is 2.13. The lowest BCUT2D eigenvalue weighted by Gasteiger charge is -2.13. The number of amides is 1. The van der Waals surface area contributed by atoms with Crippen LogP contribution in [0.15, 0.2) is 89.8 Å². The Morgan fingerprint density at radius 2 is 1.87 bits per heavy atom. The van der Waals surface area contributed by atoms with Crippen molar-refractivity contribution in [3.63, 3.8) is 0 Å². The van der Waals surface area contributed by atoms with Crippen LogP contribution in [-0.4, -0.2) is 20.7 Å². The van der Waals surface area contributed by atoms with Crippen molar-refractivity contribution >= 4 is 21.8 Å².